The smallest absolute Gasteiger partial charge is 0.262 e. The molecule has 0 fully saturated rings. The van der Waals surface area contributed by atoms with E-state index in [4.69, 9.17) is 17.3 Å². The molecule has 0 amide bonds. The van der Waals surface area contributed by atoms with Crippen LogP contribution in [0.5, 0.6) is 0 Å². The van der Waals surface area contributed by atoms with E-state index in [0.717, 1.165) is 17.7 Å². The summed E-state index contributed by atoms with van der Waals surface area (Å²) < 4.78 is 40.4. The van der Waals surface area contributed by atoms with E-state index in [2.05, 4.69) is 4.72 Å². The molecule has 0 saturated heterocycles. The van der Waals surface area contributed by atoms with E-state index in [1.54, 1.807) is 19.9 Å². The Morgan fingerprint density at radius 2 is 1.81 bits per heavy atom. The Balaban J connectivity index is 2.48. The molecule has 0 saturated carbocycles. The van der Waals surface area contributed by atoms with Crippen molar-refractivity contribution in [3.63, 3.8) is 0 Å². The molecule has 0 aliphatic heterocycles. The normalized spacial score (nSPS) is 11.4. The van der Waals surface area contributed by atoms with Crippen molar-refractivity contribution in [2.75, 3.05) is 10.5 Å². The van der Waals surface area contributed by atoms with Crippen LogP contribution in [0, 0.1) is 19.7 Å². The predicted octanol–water partition coefficient (Wildman–Crippen LogP) is 3.48. The molecule has 0 heterocycles. The lowest BCUT2D eigenvalue weighted by Gasteiger charge is -2.13. The Labute approximate surface area is 127 Å². The van der Waals surface area contributed by atoms with E-state index in [1.165, 1.54) is 12.1 Å². The van der Waals surface area contributed by atoms with Crippen LogP contribution in [0.3, 0.4) is 0 Å². The largest absolute Gasteiger partial charge is 0.399 e. The van der Waals surface area contributed by atoms with Gasteiger partial charge in [-0.1, -0.05) is 11.6 Å². The molecule has 7 heteroatoms. The van der Waals surface area contributed by atoms with E-state index < -0.39 is 15.8 Å². The van der Waals surface area contributed by atoms with Crippen LogP contribution >= 0.6 is 11.6 Å². The average Bonchev–Trinajstić information content (AvgIpc) is 2.31. The van der Waals surface area contributed by atoms with Gasteiger partial charge in [-0.25, -0.2) is 12.8 Å². The quantitative estimate of drug-likeness (QED) is 0.847. The van der Waals surface area contributed by atoms with Crippen molar-refractivity contribution < 1.29 is 12.8 Å². The number of hydrogen-bond donors (Lipinski definition) is 2. The van der Waals surface area contributed by atoms with Crippen LogP contribution in [-0.4, -0.2) is 8.42 Å². The SMILES string of the molecule is Cc1cc(N)cc(S(=O)(=O)Nc2cc(F)cc(Cl)c2)c1C. The molecule has 0 unspecified atom stereocenters. The molecule has 0 spiro atoms. The minimum atomic E-state index is -3.88. The third-order valence-corrected chi connectivity index (χ3v) is 4.77. The molecule has 0 aliphatic rings. The fraction of sp³-hybridized carbons (Fsp3) is 0.143. The Bertz CT molecular complexity index is 787. The first-order valence-corrected chi connectivity index (χ1v) is 7.91. The molecule has 0 aliphatic carbocycles. The van der Waals surface area contributed by atoms with Gasteiger partial charge in [0.2, 0.25) is 0 Å². The molecular formula is C14H14ClFN2O2S. The van der Waals surface area contributed by atoms with Gasteiger partial charge in [-0.05, 0) is 55.3 Å². The molecule has 0 radical (unpaired) electrons. The second kappa shape index (κ2) is 5.54. The van der Waals surface area contributed by atoms with Gasteiger partial charge in [-0.2, -0.15) is 0 Å². The molecule has 4 nitrogen and oxygen atoms in total. The van der Waals surface area contributed by atoms with Crippen molar-refractivity contribution in [1.82, 2.24) is 0 Å². The Morgan fingerprint density at radius 3 is 2.43 bits per heavy atom. The van der Waals surface area contributed by atoms with E-state index >= 15 is 0 Å². The van der Waals surface area contributed by atoms with Gasteiger partial charge < -0.3 is 5.73 Å². The molecule has 3 N–H and O–H groups in total. The summed E-state index contributed by atoms with van der Waals surface area (Å²) in [5, 5.41) is 0.105. The minimum absolute atomic E-state index is 0.0551. The van der Waals surface area contributed by atoms with Crippen molar-refractivity contribution >= 4 is 33.0 Å². The zero-order valence-electron chi connectivity index (χ0n) is 11.4. The Kier molecular flexibility index (Phi) is 4.11. The maximum atomic E-state index is 13.3. The van der Waals surface area contributed by atoms with Crippen LogP contribution in [0.4, 0.5) is 15.8 Å². The highest BCUT2D eigenvalue weighted by Crippen LogP contribution is 2.26. The maximum Gasteiger partial charge on any atom is 0.262 e. The Hall–Kier alpha value is -1.79. The summed E-state index contributed by atoms with van der Waals surface area (Å²) >= 11 is 5.71. The molecule has 0 atom stereocenters. The van der Waals surface area contributed by atoms with Crippen LogP contribution in [0.15, 0.2) is 35.2 Å². The van der Waals surface area contributed by atoms with Crippen molar-refractivity contribution in [3.05, 3.63) is 52.3 Å². The monoisotopic (exact) mass is 328 g/mol. The summed E-state index contributed by atoms with van der Waals surface area (Å²) in [7, 11) is -3.88. The van der Waals surface area contributed by atoms with Gasteiger partial charge in [0.05, 0.1) is 10.6 Å². The summed E-state index contributed by atoms with van der Waals surface area (Å²) in [6, 6.07) is 6.53. The van der Waals surface area contributed by atoms with Gasteiger partial charge in [-0.3, -0.25) is 4.72 Å². The van der Waals surface area contributed by atoms with Gasteiger partial charge in [-0.15, -0.1) is 0 Å². The summed E-state index contributed by atoms with van der Waals surface area (Å²) in [6.07, 6.45) is 0. The molecule has 2 aromatic carbocycles. The first-order chi connectivity index (χ1) is 9.69. The highest BCUT2D eigenvalue weighted by atomic mass is 35.5. The van der Waals surface area contributed by atoms with Crippen LogP contribution in [0.1, 0.15) is 11.1 Å². The number of nitrogens with two attached hydrogens (primary N) is 1. The minimum Gasteiger partial charge on any atom is -0.399 e. The van der Waals surface area contributed by atoms with Crippen LogP contribution < -0.4 is 10.5 Å². The zero-order valence-corrected chi connectivity index (χ0v) is 13.0. The number of hydrogen-bond acceptors (Lipinski definition) is 3. The second-order valence-corrected chi connectivity index (χ2v) is 6.81. The lowest BCUT2D eigenvalue weighted by atomic mass is 10.1. The number of anilines is 2. The highest BCUT2D eigenvalue weighted by Gasteiger charge is 2.19. The summed E-state index contributed by atoms with van der Waals surface area (Å²) in [4.78, 5) is 0.0559. The lowest BCUT2D eigenvalue weighted by Crippen LogP contribution is -2.15. The van der Waals surface area contributed by atoms with Gasteiger partial charge in [0.15, 0.2) is 0 Å². The van der Waals surface area contributed by atoms with E-state index in [-0.39, 0.29) is 15.6 Å². The zero-order chi connectivity index (χ0) is 15.8. The van der Waals surface area contributed by atoms with Crippen molar-refractivity contribution in [2.24, 2.45) is 0 Å². The molecular weight excluding hydrogens is 315 g/mol. The first-order valence-electron chi connectivity index (χ1n) is 6.04. The fourth-order valence-corrected chi connectivity index (χ4v) is 3.57. The number of halogens is 2. The van der Waals surface area contributed by atoms with Gasteiger partial charge in [0.1, 0.15) is 5.82 Å². The number of sulfonamides is 1. The third kappa shape index (κ3) is 3.46. The fourth-order valence-electron chi connectivity index (χ4n) is 1.96. The highest BCUT2D eigenvalue weighted by molar-refractivity contribution is 7.92. The van der Waals surface area contributed by atoms with Gasteiger partial charge in [0.25, 0.3) is 10.0 Å². The average molecular weight is 329 g/mol. The first kappa shape index (κ1) is 15.6. The van der Waals surface area contributed by atoms with Gasteiger partial charge in [0, 0.05) is 10.7 Å². The van der Waals surface area contributed by atoms with Crippen molar-refractivity contribution in [2.45, 2.75) is 18.7 Å². The summed E-state index contributed by atoms with van der Waals surface area (Å²) in [5.41, 5.74) is 7.43. The lowest BCUT2D eigenvalue weighted by molar-refractivity contribution is 0.600. The number of nitrogen functional groups attached to an aromatic ring is 1. The van der Waals surface area contributed by atoms with Crippen LogP contribution in [0.2, 0.25) is 5.02 Å². The van der Waals surface area contributed by atoms with Crippen LogP contribution in [0.25, 0.3) is 0 Å². The number of rotatable bonds is 3. The molecule has 2 aromatic rings. The topological polar surface area (TPSA) is 72.2 Å². The number of benzene rings is 2. The molecule has 2 rings (SSSR count). The van der Waals surface area contributed by atoms with E-state index in [9.17, 15) is 12.8 Å². The van der Waals surface area contributed by atoms with Gasteiger partial charge >= 0.3 is 0 Å². The predicted molar refractivity (Wildman–Crippen MR) is 82.5 cm³/mol. The molecule has 21 heavy (non-hydrogen) atoms. The number of aryl methyl sites for hydroxylation is 1. The van der Waals surface area contributed by atoms with Crippen LogP contribution in [-0.2, 0) is 10.0 Å². The summed E-state index contributed by atoms with van der Waals surface area (Å²) in [6.45, 7) is 3.45. The van der Waals surface area contributed by atoms with E-state index in [0.29, 0.717) is 11.3 Å². The van der Waals surface area contributed by atoms with Crippen molar-refractivity contribution in [3.8, 4) is 0 Å². The number of nitrogens with one attached hydrogen (secondary N) is 1. The maximum absolute atomic E-state index is 13.3. The van der Waals surface area contributed by atoms with Crippen molar-refractivity contribution in [1.29, 1.82) is 0 Å². The molecule has 112 valence electrons. The second-order valence-electron chi connectivity index (χ2n) is 4.72. The van der Waals surface area contributed by atoms with E-state index in [1.807, 2.05) is 0 Å². The Morgan fingerprint density at radius 1 is 1.14 bits per heavy atom. The molecule has 0 aromatic heterocycles. The standard InChI is InChI=1S/C14H14ClFN2O2S/c1-8-3-12(17)7-14(9(8)2)21(19,20)18-13-5-10(15)4-11(16)6-13/h3-7,18H,17H2,1-2H3. The molecule has 0 bridgehead atoms. The third-order valence-electron chi connectivity index (χ3n) is 3.05. The summed E-state index contributed by atoms with van der Waals surface area (Å²) in [5.74, 6) is -0.624.